The van der Waals surface area contributed by atoms with Gasteiger partial charge in [0.05, 0.1) is 11.8 Å². The Balaban J connectivity index is 1.33. The lowest BCUT2D eigenvalue weighted by atomic mass is 10.0. The summed E-state index contributed by atoms with van der Waals surface area (Å²) in [6.07, 6.45) is 12.7. The molecule has 128 valence electrons. The van der Waals surface area contributed by atoms with Crippen molar-refractivity contribution in [2.75, 3.05) is 12.3 Å². The maximum absolute atomic E-state index is 12.0. The first-order chi connectivity index (χ1) is 11.3. The molecule has 2 aliphatic carbocycles. The molecule has 0 spiro atoms. The van der Waals surface area contributed by atoms with Crippen LogP contribution in [0.3, 0.4) is 0 Å². The smallest absolute Gasteiger partial charge is 0.230 e. The summed E-state index contributed by atoms with van der Waals surface area (Å²) >= 11 is 1.45. The van der Waals surface area contributed by atoms with Gasteiger partial charge in [-0.15, -0.1) is 5.10 Å². The Morgan fingerprint density at radius 1 is 1.17 bits per heavy atom. The van der Waals surface area contributed by atoms with Crippen LogP contribution in [0.5, 0.6) is 0 Å². The Kier molecular flexibility index (Phi) is 6.30. The molecule has 2 aliphatic rings. The van der Waals surface area contributed by atoms with Crippen molar-refractivity contribution in [3.8, 4) is 0 Å². The van der Waals surface area contributed by atoms with Crippen molar-refractivity contribution < 1.29 is 4.79 Å². The number of hydrogen-bond acceptors (Lipinski definition) is 5. The molecule has 1 N–H and O–H groups in total. The lowest BCUT2D eigenvalue weighted by Gasteiger charge is -2.11. The summed E-state index contributed by atoms with van der Waals surface area (Å²) in [7, 11) is 0. The summed E-state index contributed by atoms with van der Waals surface area (Å²) < 4.78 is 1.91. The molecule has 1 aromatic heterocycles. The molecule has 0 aliphatic heterocycles. The number of carbonyl (C=O) groups excluding carboxylic acids is 1. The zero-order chi connectivity index (χ0) is 15.9. The van der Waals surface area contributed by atoms with Crippen LogP contribution in [0.2, 0.25) is 0 Å². The van der Waals surface area contributed by atoms with Crippen LogP contribution in [-0.4, -0.2) is 38.4 Å². The molecular formula is C16H27N5OS. The van der Waals surface area contributed by atoms with E-state index >= 15 is 0 Å². The van der Waals surface area contributed by atoms with Crippen LogP contribution < -0.4 is 5.32 Å². The van der Waals surface area contributed by atoms with E-state index in [9.17, 15) is 4.79 Å². The highest BCUT2D eigenvalue weighted by molar-refractivity contribution is 7.99. The minimum atomic E-state index is 0.0855. The highest BCUT2D eigenvalue weighted by atomic mass is 32.2. The van der Waals surface area contributed by atoms with Crippen LogP contribution in [0.1, 0.15) is 70.3 Å². The molecule has 0 radical (unpaired) electrons. The van der Waals surface area contributed by atoms with Crippen LogP contribution in [0.25, 0.3) is 0 Å². The van der Waals surface area contributed by atoms with Gasteiger partial charge in [0.1, 0.15) is 0 Å². The average Bonchev–Trinajstić information content (AvgIpc) is 3.31. The maximum Gasteiger partial charge on any atom is 0.230 e. The standard InChI is InChI=1S/C16H27N5OS/c22-15(17-11-5-8-13-6-1-2-7-13)12-23-16-18-19-20-21(16)14-9-3-4-10-14/h13-14H,1-12H2,(H,17,22). The summed E-state index contributed by atoms with van der Waals surface area (Å²) in [4.78, 5) is 12.0. The van der Waals surface area contributed by atoms with Gasteiger partial charge < -0.3 is 5.32 Å². The fourth-order valence-corrected chi connectivity index (χ4v) is 4.53. The van der Waals surface area contributed by atoms with Crippen LogP contribution >= 0.6 is 11.8 Å². The van der Waals surface area contributed by atoms with Gasteiger partial charge in [-0.25, -0.2) is 4.68 Å². The predicted octanol–water partition coefficient (Wildman–Crippen LogP) is 2.97. The molecule has 0 unspecified atom stereocenters. The summed E-state index contributed by atoms with van der Waals surface area (Å²) in [5, 5.41) is 15.7. The van der Waals surface area contributed by atoms with Crippen LogP contribution in [0.15, 0.2) is 5.16 Å². The Hall–Kier alpha value is -1.11. The number of carbonyl (C=O) groups is 1. The molecule has 0 atom stereocenters. The van der Waals surface area contributed by atoms with Crippen molar-refractivity contribution in [2.45, 2.75) is 75.4 Å². The van der Waals surface area contributed by atoms with Gasteiger partial charge >= 0.3 is 0 Å². The van der Waals surface area contributed by atoms with Crippen molar-refractivity contribution in [2.24, 2.45) is 5.92 Å². The van der Waals surface area contributed by atoms with E-state index in [4.69, 9.17) is 0 Å². The zero-order valence-electron chi connectivity index (χ0n) is 13.7. The van der Waals surface area contributed by atoms with E-state index < -0.39 is 0 Å². The van der Waals surface area contributed by atoms with Gasteiger partial charge in [-0.1, -0.05) is 50.3 Å². The topological polar surface area (TPSA) is 72.7 Å². The van der Waals surface area contributed by atoms with Gasteiger partial charge in [-0.2, -0.15) is 0 Å². The summed E-state index contributed by atoms with van der Waals surface area (Å²) in [5.74, 6) is 1.39. The minimum absolute atomic E-state index is 0.0855. The third-order valence-electron chi connectivity index (χ3n) is 5.05. The maximum atomic E-state index is 12.0. The molecule has 2 saturated carbocycles. The fraction of sp³-hybridized carbons (Fsp3) is 0.875. The van der Waals surface area contributed by atoms with Crippen molar-refractivity contribution in [1.82, 2.24) is 25.5 Å². The van der Waals surface area contributed by atoms with Crippen molar-refractivity contribution in [3.05, 3.63) is 0 Å². The average molecular weight is 337 g/mol. The van der Waals surface area contributed by atoms with Crippen LogP contribution in [-0.2, 0) is 4.79 Å². The van der Waals surface area contributed by atoms with Crippen molar-refractivity contribution >= 4 is 17.7 Å². The van der Waals surface area contributed by atoms with Crippen molar-refractivity contribution in [1.29, 1.82) is 0 Å². The molecule has 7 heteroatoms. The molecule has 1 amide bonds. The first-order valence-corrected chi connectivity index (χ1v) is 9.99. The number of aromatic nitrogens is 4. The Labute approximate surface area is 142 Å². The minimum Gasteiger partial charge on any atom is -0.355 e. The first kappa shape index (κ1) is 16.7. The molecule has 0 aromatic carbocycles. The Morgan fingerprint density at radius 3 is 2.70 bits per heavy atom. The molecule has 2 fully saturated rings. The summed E-state index contributed by atoms with van der Waals surface area (Å²) in [6, 6.07) is 0.418. The fourth-order valence-electron chi connectivity index (χ4n) is 3.76. The number of tetrazole rings is 1. The van der Waals surface area contributed by atoms with Gasteiger partial charge in [0.25, 0.3) is 0 Å². The molecular weight excluding hydrogens is 310 g/mol. The number of nitrogens with zero attached hydrogens (tertiary/aromatic N) is 4. The lowest BCUT2D eigenvalue weighted by Crippen LogP contribution is -2.26. The third-order valence-corrected chi connectivity index (χ3v) is 5.99. The Morgan fingerprint density at radius 2 is 1.91 bits per heavy atom. The second-order valence-corrected chi connectivity index (χ2v) is 7.72. The van der Waals surface area contributed by atoms with Gasteiger partial charge in [0, 0.05) is 6.54 Å². The normalized spacial score (nSPS) is 19.5. The van der Waals surface area contributed by atoms with Crippen LogP contribution in [0, 0.1) is 5.92 Å². The molecule has 0 bridgehead atoms. The van der Waals surface area contributed by atoms with Gasteiger partial charge in [0.15, 0.2) is 0 Å². The van der Waals surface area contributed by atoms with E-state index in [-0.39, 0.29) is 5.91 Å². The highest BCUT2D eigenvalue weighted by Crippen LogP contribution is 2.31. The molecule has 1 aromatic rings. The number of hydrogen-bond donors (Lipinski definition) is 1. The van der Waals surface area contributed by atoms with E-state index in [0.29, 0.717) is 11.8 Å². The molecule has 23 heavy (non-hydrogen) atoms. The first-order valence-electron chi connectivity index (χ1n) is 9.00. The SMILES string of the molecule is O=C(CSc1nnnn1C1CCCC1)NCCCC1CCCC1. The summed E-state index contributed by atoms with van der Waals surface area (Å²) in [6.45, 7) is 0.795. The van der Waals surface area contributed by atoms with E-state index in [1.165, 1.54) is 56.7 Å². The van der Waals surface area contributed by atoms with Crippen LogP contribution in [0.4, 0.5) is 0 Å². The predicted molar refractivity (Wildman–Crippen MR) is 90.2 cm³/mol. The summed E-state index contributed by atoms with van der Waals surface area (Å²) in [5.41, 5.74) is 0. The zero-order valence-corrected chi connectivity index (χ0v) is 14.6. The van der Waals surface area contributed by atoms with E-state index in [0.717, 1.165) is 36.9 Å². The lowest BCUT2D eigenvalue weighted by molar-refractivity contribution is -0.118. The molecule has 1 heterocycles. The van der Waals surface area contributed by atoms with Gasteiger partial charge in [0.2, 0.25) is 11.1 Å². The van der Waals surface area contributed by atoms with Gasteiger partial charge in [-0.05, 0) is 42.0 Å². The molecule has 3 rings (SSSR count). The quantitative estimate of drug-likeness (QED) is 0.583. The van der Waals surface area contributed by atoms with Crippen molar-refractivity contribution in [3.63, 3.8) is 0 Å². The largest absolute Gasteiger partial charge is 0.355 e. The van der Waals surface area contributed by atoms with E-state index in [1.54, 1.807) is 0 Å². The number of amides is 1. The second kappa shape index (κ2) is 8.66. The molecule has 6 nitrogen and oxygen atoms in total. The Bertz CT molecular complexity index is 494. The monoisotopic (exact) mass is 337 g/mol. The number of thioether (sulfide) groups is 1. The van der Waals surface area contributed by atoms with E-state index in [2.05, 4.69) is 20.8 Å². The van der Waals surface area contributed by atoms with Gasteiger partial charge in [-0.3, -0.25) is 4.79 Å². The number of nitrogens with one attached hydrogen (secondary N) is 1. The van der Waals surface area contributed by atoms with E-state index in [1.807, 2.05) is 4.68 Å². The number of rotatable bonds is 8. The second-order valence-electron chi connectivity index (χ2n) is 6.78. The highest BCUT2D eigenvalue weighted by Gasteiger charge is 2.22. The third kappa shape index (κ3) is 4.93. The molecule has 0 saturated heterocycles.